The van der Waals surface area contributed by atoms with Gasteiger partial charge >= 0.3 is 5.97 Å². The molecule has 0 spiro atoms. The van der Waals surface area contributed by atoms with Crippen LogP contribution in [-0.4, -0.2) is 17.8 Å². The monoisotopic (exact) mass is 542 g/mol. The molecule has 3 heterocycles. The molecular formula is C33H22N2O4S. The number of ether oxygens (including phenoxy) is 1. The van der Waals surface area contributed by atoms with E-state index < -0.39 is 35.5 Å². The Labute approximate surface area is 234 Å². The molecule has 8 rings (SSSR count). The van der Waals surface area contributed by atoms with Crippen LogP contribution in [0.25, 0.3) is 16.3 Å². The Hall–Kier alpha value is -4.54. The van der Waals surface area contributed by atoms with E-state index >= 15 is 0 Å². The number of nitriles is 1. The fourth-order valence-corrected chi connectivity index (χ4v) is 8.50. The fourth-order valence-electron chi connectivity index (χ4n) is 7.15. The standard InChI is InChI=1S/C33H22N2O4S/c34-16-24-20-11-6-12-25(20)40-32(24)35-30(36)26-22(17-7-2-1-3-8-17)15-23-21-14-13-18-9-4-5-10-19(18)29(21)39-33(38)27(23)28(26)31(35)37/h1-5,7-10,13-15,22,26-28H,6,11-12H2/t22-,26-,27-,28+/m1/s1. The van der Waals surface area contributed by atoms with Crippen molar-refractivity contribution < 1.29 is 19.1 Å². The third-order valence-electron chi connectivity index (χ3n) is 8.89. The zero-order valence-corrected chi connectivity index (χ0v) is 22.1. The lowest BCUT2D eigenvalue weighted by molar-refractivity contribution is -0.142. The molecule has 4 atom stereocenters. The smallest absolute Gasteiger partial charge is 0.319 e. The first-order chi connectivity index (χ1) is 19.6. The summed E-state index contributed by atoms with van der Waals surface area (Å²) in [5.74, 6) is -3.83. The number of hydrogen-bond donors (Lipinski definition) is 0. The number of fused-ring (bicyclic) bond motifs is 8. The van der Waals surface area contributed by atoms with Gasteiger partial charge in [-0.3, -0.25) is 14.4 Å². The van der Waals surface area contributed by atoms with Gasteiger partial charge in [-0.15, -0.1) is 11.3 Å². The van der Waals surface area contributed by atoms with Crippen LogP contribution in [0.3, 0.4) is 0 Å². The van der Waals surface area contributed by atoms with Crippen molar-refractivity contribution in [2.45, 2.75) is 25.2 Å². The highest BCUT2D eigenvalue weighted by molar-refractivity contribution is 7.17. The number of amides is 2. The second-order valence-corrected chi connectivity index (χ2v) is 11.9. The van der Waals surface area contributed by atoms with Gasteiger partial charge in [0.25, 0.3) is 0 Å². The third kappa shape index (κ3) is 3.05. The summed E-state index contributed by atoms with van der Waals surface area (Å²) in [7, 11) is 0. The lowest BCUT2D eigenvalue weighted by Gasteiger charge is -2.38. The quantitative estimate of drug-likeness (QED) is 0.182. The van der Waals surface area contributed by atoms with Crippen LogP contribution in [0.15, 0.2) is 72.8 Å². The van der Waals surface area contributed by atoms with Gasteiger partial charge in [-0.2, -0.15) is 5.26 Å². The van der Waals surface area contributed by atoms with E-state index in [4.69, 9.17) is 4.74 Å². The highest BCUT2D eigenvalue weighted by Gasteiger charge is 2.61. The number of nitrogens with zero attached hydrogens (tertiary/aromatic N) is 2. The third-order valence-corrected chi connectivity index (χ3v) is 10.2. The van der Waals surface area contributed by atoms with Crippen LogP contribution >= 0.6 is 11.3 Å². The molecular weight excluding hydrogens is 520 g/mol. The van der Waals surface area contributed by atoms with E-state index in [1.54, 1.807) is 0 Å². The van der Waals surface area contributed by atoms with Gasteiger partial charge in [0.2, 0.25) is 11.8 Å². The van der Waals surface area contributed by atoms with Crippen molar-refractivity contribution in [1.82, 2.24) is 0 Å². The maximum Gasteiger partial charge on any atom is 0.319 e. The summed E-state index contributed by atoms with van der Waals surface area (Å²) < 4.78 is 5.97. The van der Waals surface area contributed by atoms with Gasteiger partial charge in [0, 0.05) is 21.7 Å². The van der Waals surface area contributed by atoms with Crippen LogP contribution in [0.5, 0.6) is 5.75 Å². The van der Waals surface area contributed by atoms with Crippen molar-refractivity contribution in [3.63, 3.8) is 0 Å². The molecule has 2 aliphatic heterocycles. The Bertz CT molecular complexity index is 1860. The molecule has 0 N–H and O–H groups in total. The average molecular weight is 543 g/mol. The molecule has 0 radical (unpaired) electrons. The first kappa shape index (κ1) is 23.4. The van der Waals surface area contributed by atoms with Gasteiger partial charge in [-0.1, -0.05) is 72.8 Å². The van der Waals surface area contributed by atoms with E-state index in [2.05, 4.69) is 6.07 Å². The SMILES string of the molecule is N#Cc1c(N2C(=O)[C@@H]3[C@@H]4C(=O)Oc5c(ccc6ccccc56)C4=C[C@H](c4ccccc4)[C@H]3C2=O)sc2c1CCC2. The normalized spacial score (nSPS) is 24.6. The van der Waals surface area contributed by atoms with Crippen LogP contribution in [0, 0.1) is 29.1 Å². The fraction of sp³-hybridized carbons (Fsp3) is 0.212. The van der Waals surface area contributed by atoms with Crippen LogP contribution in [-0.2, 0) is 27.2 Å². The molecule has 3 aromatic carbocycles. The van der Waals surface area contributed by atoms with Crippen LogP contribution in [0.2, 0.25) is 0 Å². The van der Waals surface area contributed by atoms with Crippen LogP contribution < -0.4 is 9.64 Å². The number of esters is 1. The first-order valence-corrected chi connectivity index (χ1v) is 14.3. The Morgan fingerprint density at radius 3 is 2.50 bits per heavy atom. The molecule has 2 aliphatic carbocycles. The molecule has 2 amide bonds. The van der Waals surface area contributed by atoms with Crippen molar-refractivity contribution in [2.75, 3.05) is 4.90 Å². The molecule has 194 valence electrons. The molecule has 1 fully saturated rings. The highest BCUT2D eigenvalue weighted by Crippen LogP contribution is 2.56. The Kier molecular flexibility index (Phi) is 4.95. The molecule has 1 aromatic heterocycles. The van der Waals surface area contributed by atoms with E-state index in [-0.39, 0.29) is 5.91 Å². The maximum atomic E-state index is 14.3. The number of carbonyl (C=O) groups is 3. The van der Waals surface area contributed by atoms with Crippen molar-refractivity contribution in [3.05, 3.63) is 99.9 Å². The molecule has 1 saturated heterocycles. The number of rotatable bonds is 2. The number of carbonyl (C=O) groups excluding carboxylic acids is 3. The molecule has 0 saturated carbocycles. The summed E-state index contributed by atoms with van der Waals surface area (Å²) in [4.78, 5) is 44.6. The van der Waals surface area contributed by atoms with Crippen LogP contribution in [0.4, 0.5) is 5.00 Å². The highest BCUT2D eigenvalue weighted by atomic mass is 32.1. The minimum atomic E-state index is -0.923. The molecule has 0 bridgehead atoms. The number of aryl methyl sites for hydroxylation is 1. The second-order valence-electron chi connectivity index (χ2n) is 10.8. The molecule has 6 nitrogen and oxygen atoms in total. The minimum absolute atomic E-state index is 0.354. The van der Waals surface area contributed by atoms with Crippen LogP contribution in [0.1, 0.15) is 39.5 Å². The Morgan fingerprint density at radius 2 is 1.68 bits per heavy atom. The zero-order valence-electron chi connectivity index (χ0n) is 21.3. The number of anilines is 1. The summed E-state index contributed by atoms with van der Waals surface area (Å²) in [6, 6.07) is 23.6. The predicted octanol–water partition coefficient (Wildman–Crippen LogP) is 5.78. The minimum Gasteiger partial charge on any atom is -0.425 e. The van der Waals surface area contributed by atoms with Crippen molar-refractivity contribution >= 4 is 50.5 Å². The number of benzene rings is 3. The Balaban J connectivity index is 1.33. The van der Waals surface area contributed by atoms with Crippen molar-refractivity contribution in [2.24, 2.45) is 17.8 Å². The molecule has 4 aromatic rings. The van der Waals surface area contributed by atoms with Gasteiger partial charge in [0.15, 0.2) is 0 Å². The largest absolute Gasteiger partial charge is 0.425 e. The maximum absolute atomic E-state index is 14.3. The van der Waals surface area contributed by atoms with E-state index in [9.17, 15) is 19.6 Å². The number of allylic oxidation sites excluding steroid dienone is 1. The Morgan fingerprint density at radius 1 is 0.900 bits per heavy atom. The number of imide groups is 1. The predicted molar refractivity (Wildman–Crippen MR) is 151 cm³/mol. The van der Waals surface area contributed by atoms with E-state index in [1.165, 1.54) is 16.2 Å². The second kappa shape index (κ2) is 8.48. The van der Waals surface area contributed by atoms with Gasteiger partial charge in [0.1, 0.15) is 16.8 Å². The van der Waals surface area contributed by atoms with Crippen molar-refractivity contribution in [3.8, 4) is 11.8 Å². The number of thiophene rings is 1. The van der Waals surface area contributed by atoms with E-state index in [1.807, 2.05) is 72.8 Å². The summed E-state index contributed by atoms with van der Waals surface area (Å²) in [5, 5.41) is 12.2. The summed E-state index contributed by atoms with van der Waals surface area (Å²) in [6.07, 6.45) is 4.59. The van der Waals surface area contributed by atoms with E-state index in [0.717, 1.165) is 57.2 Å². The topological polar surface area (TPSA) is 87.5 Å². The average Bonchev–Trinajstić information content (AvgIpc) is 3.64. The van der Waals surface area contributed by atoms with Gasteiger partial charge in [-0.25, -0.2) is 4.90 Å². The van der Waals surface area contributed by atoms with Gasteiger partial charge < -0.3 is 4.74 Å². The molecule has 0 unspecified atom stereocenters. The lowest BCUT2D eigenvalue weighted by Crippen LogP contribution is -2.42. The van der Waals surface area contributed by atoms with E-state index in [0.29, 0.717) is 16.3 Å². The lowest BCUT2D eigenvalue weighted by atomic mass is 9.64. The molecule has 4 aliphatic rings. The first-order valence-electron chi connectivity index (χ1n) is 13.5. The zero-order chi connectivity index (χ0) is 27.1. The number of hydrogen-bond acceptors (Lipinski definition) is 6. The van der Waals surface area contributed by atoms with Crippen molar-refractivity contribution in [1.29, 1.82) is 5.26 Å². The summed E-state index contributed by atoms with van der Waals surface area (Å²) >= 11 is 1.37. The summed E-state index contributed by atoms with van der Waals surface area (Å²) in [6.45, 7) is 0. The van der Waals surface area contributed by atoms with Gasteiger partial charge in [-0.05, 0) is 41.3 Å². The van der Waals surface area contributed by atoms with Gasteiger partial charge in [0.05, 0.1) is 23.3 Å². The molecule has 7 heteroatoms. The summed E-state index contributed by atoms with van der Waals surface area (Å²) in [5.41, 5.74) is 3.78. The molecule has 40 heavy (non-hydrogen) atoms.